The van der Waals surface area contributed by atoms with Crippen molar-refractivity contribution in [3.63, 3.8) is 0 Å². The molecule has 1 aromatic rings. The zero-order valence-electron chi connectivity index (χ0n) is 11.8. The van der Waals surface area contributed by atoms with Crippen molar-refractivity contribution in [1.82, 2.24) is 20.2 Å². The van der Waals surface area contributed by atoms with Gasteiger partial charge in [-0.3, -0.25) is 9.69 Å². The van der Waals surface area contributed by atoms with Crippen LogP contribution in [0, 0.1) is 0 Å². The van der Waals surface area contributed by atoms with Crippen LogP contribution in [-0.2, 0) is 11.0 Å². The zero-order valence-corrected chi connectivity index (χ0v) is 12.6. The van der Waals surface area contributed by atoms with E-state index >= 15 is 0 Å². The Bertz CT molecular complexity index is 606. The fourth-order valence-corrected chi connectivity index (χ4v) is 2.57. The number of carbonyl (C=O) groups excluding carboxylic acids is 2. The number of urea groups is 1. The highest BCUT2D eigenvalue weighted by Crippen LogP contribution is 2.28. The second-order valence-electron chi connectivity index (χ2n) is 5.08. The Morgan fingerprint density at radius 3 is 2.59 bits per heavy atom. The lowest BCUT2D eigenvalue weighted by Gasteiger charge is -2.15. The molecule has 0 saturated carbocycles. The van der Waals surface area contributed by atoms with E-state index in [0.29, 0.717) is 0 Å². The van der Waals surface area contributed by atoms with Crippen molar-refractivity contribution in [2.24, 2.45) is 0 Å². The van der Waals surface area contributed by atoms with Crippen molar-refractivity contribution in [3.8, 4) is 0 Å². The minimum absolute atomic E-state index is 0.0545. The third-order valence-corrected chi connectivity index (χ3v) is 3.76. The Hall–Kier alpha value is -1.84. The summed E-state index contributed by atoms with van der Waals surface area (Å²) in [6.07, 6.45) is -3.51. The van der Waals surface area contributed by atoms with Gasteiger partial charge >= 0.3 is 12.2 Å². The van der Waals surface area contributed by atoms with Crippen LogP contribution in [0.1, 0.15) is 19.5 Å². The number of aromatic nitrogens is 2. The molecule has 2 rings (SSSR count). The topological polar surface area (TPSA) is 75.2 Å². The van der Waals surface area contributed by atoms with Crippen LogP contribution in [0.5, 0.6) is 0 Å². The number of rotatable bonds is 4. The molecule has 0 bridgehead atoms. The second kappa shape index (κ2) is 5.75. The van der Waals surface area contributed by atoms with Gasteiger partial charge in [-0.05, 0) is 19.9 Å². The van der Waals surface area contributed by atoms with Crippen LogP contribution in [0.15, 0.2) is 17.4 Å². The van der Waals surface area contributed by atoms with Crippen LogP contribution < -0.4 is 5.32 Å². The van der Waals surface area contributed by atoms with Crippen LogP contribution in [0.4, 0.5) is 18.0 Å². The van der Waals surface area contributed by atoms with E-state index < -0.39 is 23.4 Å². The highest BCUT2D eigenvalue weighted by atomic mass is 32.2. The first-order valence-electron chi connectivity index (χ1n) is 6.28. The highest BCUT2D eigenvalue weighted by Gasteiger charge is 2.43. The van der Waals surface area contributed by atoms with Crippen LogP contribution in [-0.4, -0.2) is 44.6 Å². The average molecular weight is 334 g/mol. The molecule has 1 saturated heterocycles. The van der Waals surface area contributed by atoms with E-state index in [2.05, 4.69) is 15.3 Å². The van der Waals surface area contributed by atoms with Gasteiger partial charge in [-0.15, -0.1) is 0 Å². The molecule has 0 radical (unpaired) electrons. The molecule has 10 heteroatoms. The van der Waals surface area contributed by atoms with Gasteiger partial charge in [-0.1, -0.05) is 11.8 Å². The number of carbonyl (C=O) groups is 2. The fraction of sp³-hybridized carbons (Fsp3) is 0.500. The summed E-state index contributed by atoms with van der Waals surface area (Å²) >= 11 is 0.946. The van der Waals surface area contributed by atoms with Crippen molar-refractivity contribution in [1.29, 1.82) is 0 Å². The molecular formula is C12H13F3N4O2S. The maximum atomic E-state index is 12.5. The van der Waals surface area contributed by atoms with Crippen molar-refractivity contribution in [3.05, 3.63) is 18.0 Å². The van der Waals surface area contributed by atoms with Crippen molar-refractivity contribution in [2.75, 3.05) is 12.3 Å². The van der Waals surface area contributed by atoms with Crippen LogP contribution in [0.25, 0.3) is 0 Å². The number of imide groups is 1. The fourth-order valence-electron chi connectivity index (χ4n) is 1.82. The van der Waals surface area contributed by atoms with Gasteiger partial charge in [0.2, 0.25) is 0 Å². The van der Waals surface area contributed by atoms with E-state index in [0.717, 1.165) is 28.9 Å². The van der Waals surface area contributed by atoms with Gasteiger partial charge in [0.15, 0.2) is 5.16 Å². The standard InChI is InChI=1S/C12H13F3N4O2S/c1-11(2)8(20)19(10(21)18-11)5-6-22-9-16-4-3-7(17-9)12(13,14)15/h3-4H,5-6H2,1-2H3,(H,18,21). The summed E-state index contributed by atoms with van der Waals surface area (Å²) in [6, 6.07) is 0.268. The number of hydrogen-bond donors (Lipinski definition) is 1. The lowest BCUT2D eigenvalue weighted by atomic mass is 10.1. The molecule has 1 aromatic heterocycles. The second-order valence-corrected chi connectivity index (χ2v) is 6.14. The Kier molecular flexibility index (Phi) is 4.32. The SMILES string of the molecule is CC1(C)NC(=O)N(CCSc2nccc(C(F)(F)F)n2)C1=O. The summed E-state index contributed by atoms with van der Waals surface area (Å²) in [5.74, 6) is -0.167. The molecule has 1 aliphatic rings. The summed E-state index contributed by atoms with van der Waals surface area (Å²) in [5, 5.41) is 2.46. The molecule has 3 amide bonds. The van der Waals surface area contributed by atoms with Crippen LogP contribution in [0.3, 0.4) is 0 Å². The van der Waals surface area contributed by atoms with Crippen molar-refractivity contribution >= 4 is 23.7 Å². The molecule has 0 atom stereocenters. The summed E-state index contributed by atoms with van der Waals surface area (Å²) in [6.45, 7) is 3.23. The molecule has 1 aliphatic heterocycles. The van der Waals surface area contributed by atoms with Gasteiger partial charge in [0.1, 0.15) is 11.2 Å². The first-order valence-corrected chi connectivity index (χ1v) is 7.27. The molecule has 1 fully saturated rings. The predicted molar refractivity (Wildman–Crippen MR) is 72.1 cm³/mol. The molecular weight excluding hydrogens is 321 g/mol. The van der Waals surface area contributed by atoms with Crippen molar-refractivity contribution < 1.29 is 22.8 Å². The van der Waals surface area contributed by atoms with E-state index in [-0.39, 0.29) is 23.4 Å². The van der Waals surface area contributed by atoms with Gasteiger partial charge in [0.25, 0.3) is 5.91 Å². The summed E-state index contributed by atoms with van der Waals surface area (Å²) < 4.78 is 37.6. The van der Waals surface area contributed by atoms with E-state index in [4.69, 9.17) is 0 Å². The van der Waals surface area contributed by atoms with E-state index in [9.17, 15) is 22.8 Å². The number of amides is 3. The number of hydrogen-bond acceptors (Lipinski definition) is 5. The largest absolute Gasteiger partial charge is 0.433 e. The molecule has 120 valence electrons. The number of thioether (sulfide) groups is 1. The third kappa shape index (κ3) is 3.49. The first kappa shape index (κ1) is 16.5. The lowest BCUT2D eigenvalue weighted by Crippen LogP contribution is -2.40. The Labute approximate surface area is 128 Å². The molecule has 0 unspecified atom stereocenters. The van der Waals surface area contributed by atoms with Gasteiger partial charge in [0, 0.05) is 18.5 Å². The molecule has 2 heterocycles. The van der Waals surface area contributed by atoms with E-state index in [1.54, 1.807) is 13.8 Å². The van der Waals surface area contributed by atoms with E-state index in [1.807, 2.05) is 0 Å². The van der Waals surface area contributed by atoms with Gasteiger partial charge in [0.05, 0.1) is 0 Å². The minimum atomic E-state index is -4.53. The Balaban J connectivity index is 1.95. The maximum Gasteiger partial charge on any atom is 0.433 e. The number of nitrogens with one attached hydrogen (secondary N) is 1. The van der Waals surface area contributed by atoms with Gasteiger partial charge < -0.3 is 5.32 Å². The quantitative estimate of drug-likeness (QED) is 0.517. The number of halogens is 3. The lowest BCUT2D eigenvalue weighted by molar-refractivity contribution is -0.141. The molecule has 0 aromatic carbocycles. The first-order chi connectivity index (χ1) is 10.1. The Morgan fingerprint density at radius 1 is 1.36 bits per heavy atom. The third-order valence-electron chi connectivity index (χ3n) is 2.91. The zero-order chi connectivity index (χ0) is 16.5. The summed E-state index contributed by atoms with van der Waals surface area (Å²) in [5.41, 5.74) is -1.99. The molecule has 22 heavy (non-hydrogen) atoms. The Morgan fingerprint density at radius 2 is 2.05 bits per heavy atom. The number of nitrogens with zero attached hydrogens (tertiary/aromatic N) is 3. The minimum Gasteiger partial charge on any atom is -0.324 e. The molecule has 0 spiro atoms. The molecule has 1 N–H and O–H groups in total. The van der Waals surface area contributed by atoms with E-state index in [1.165, 1.54) is 0 Å². The van der Waals surface area contributed by atoms with Crippen LogP contribution in [0.2, 0.25) is 0 Å². The maximum absolute atomic E-state index is 12.5. The van der Waals surface area contributed by atoms with Gasteiger partial charge in [-0.2, -0.15) is 13.2 Å². The van der Waals surface area contributed by atoms with Crippen molar-refractivity contribution in [2.45, 2.75) is 30.7 Å². The smallest absolute Gasteiger partial charge is 0.324 e. The normalized spacial score (nSPS) is 17.8. The predicted octanol–water partition coefficient (Wildman–Crippen LogP) is 1.92. The monoisotopic (exact) mass is 334 g/mol. The summed E-state index contributed by atoms with van der Waals surface area (Å²) in [4.78, 5) is 31.7. The van der Waals surface area contributed by atoms with Gasteiger partial charge in [-0.25, -0.2) is 14.8 Å². The number of alkyl halides is 3. The highest BCUT2D eigenvalue weighted by molar-refractivity contribution is 7.99. The van der Waals surface area contributed by atoms with Crippen LogP contribution >= 0.6 is 11.8 Å². The molecule has 0 aliphatic carbocycles. The average Bonchev–Trinajstić information content (AvgIpc) is 2.60. The molecule has 6 nitrogen and oxygen atoms in total. The summed E-state index contributed by atoms with van der Waals surface area (Å²) in [7, 11) is 0.